The van der Waals surface area contributed by atoms with Gasteiger partial charge in [-0.3, -0.25) is 14.2 Å². The largest absolute Gasteiger partial charge is 0.330 e. The molecule has 6 heteroatoms. The standard InChI is InChI=1S/C16H19N3O3/c1-5-19(12-8-6-7-11(2)9-12)15(21)13-10-17(3)16(22)18(4)14(13)20/h6-10H,5H2,1-4H3. The van der Waals surface area contributed by atoms with Crippen molar-refractivity contribution in [1.29, 1.82) is 0 Å². The molecule has 0 bridgehead atoms. The molecular formula is C16H19N3O3. The summed E-state index contributed by atoms with van der Waals surface area (Å²) in [5.41, 5.74) is 0.688. The van der Waals surface area contributed by atoms with Crippen molar-refractivity contribution < 1.29 is 4.79 Å². The molecule has 2 aromatic rings. The highest BCUT2D eigenvalue weighted by Crippen LogP contribution is 2.17. The van der Waals surface area contributed by atoms with Gasteiger partial charge in [-0.05, 0) is 31.5 Å². The smallest absolute Gasteiger partial charge is 0.308 e. The Bertz CT molecular complexity index is 833. The first kappa shape index (κ1) is 15.8. The van der Waals surface area contributed by atoms with Crippen molar-refractivity contribution >= 4 is 11.6 Å². The Labute approximate surface area is 128 Å². The zero-order valence-electron chi connectivity index (χ0n) is 13.2. The molecule has 0 radical (unpaired) electrons. The topological polar surface area (TPSA) is 64.3 Å². The van der Waals surface area contributed by atoms with Gasteiger partial charge in [0.15, 0.2) is 0 Å². The van der Waals surface area contributed by atoms with E-state index in [0.29, 0.717) is 6.54 Å². The summed E-state index contributed by atoms with van der Waals surface area (Å²) < 4.78 is 2.18. The highest BCUT2D eigenvalue weighted by Gasteiger charge is 2.21. The van der Waals surface area contributed by atoms with Crippen molar-refractivity contribution in [2.75, 3.05) is 11.4 Å². The summed E-state index contributed by atoms with van der Waals surface area (Å²) >= 11 is 0. The van der Waals surface area contributed by atoms with E-state index in [4.69, 9.17) is 0 Å². The average Bonchev–Trinajstić information content (AvgIpc) is 2.49. The summed E-state index contributed by atoms with van der Waals surface area (Å²) in [4.78, 5) is 38.2. The Balaban J connectivity index is 2.55. The fraction of sp³-hybridized carbons (Fsp3) is 0.312. The number of carbonyl (C=O) groups is 1. The van der Waals surface area contributed by atoms with Gasteiger partial charge < -0.3 is 9.47 Å². The Morgan fingerprint density at radius 3 is 2.50 bits per heavy atom. The molecule has 1 amide bonds. The molecule has 1 aromatic carbocycles. The molecule has 1 aromatic heterocycles. The molecule has 22 heavy (non-hydrogen) atoms. The van der Waals surface area contributed by atoms with Crippen LogP contribution in [-0.2, 0) is 14.1 Å². The number of aromatic nitrogens is 2. The highest BCUT2D eigenvalue weighted by molar-refractivity contribution is 6.05. The Morgan fingerprint density at radius 1 is 1.23 bits per heavy atom. The molecular weight excluding hydrogens is 282 g/mol. The van der Waals surface area contributed by atoms with Crippen molar-refractivity contribution in [2.24, 2.45) is 14.1 Å². The minimum Gasteiger partial charge on any atom is -0.308 e. The molecule has 0 aliphatic rings. The van der Waals surface area contributed by atoms with Crippen LogP contribution in [0.4, 0.5) is 5.69 Å². The Hall–Kier alpha value is -2.63. The molecule has 0 spiro atoms. The van der Waals surface area contributed by atoms with E-state index in [2.05, 4.69) is 0 Å². The molecule has 116 valence electrons. The number of amides is 1. The molecule has 0 unspecified atom stereocenters. The van der Waals surface area contributed by atoms with E-state index in [1.54, 1.807) is 0 Å². The molecule has 0 aliphatic carbocycles. The summed E-state index contributed by atoms with van der Waals surface area (Å²) in [5.74, 6) is -0.413. The molecule has 0 atom stereocenters. The summed E-state index contributed by atoms with van der Waals surface area (Å²) in [7, 11) is 2.88. The van der Waals surface area contributed by atoms with Crippen molar-refractivity contribution in [3.05, 3.63) is 62.4 Å². The second-order valence-corrected chi connectivity index (χ2v) is 5.19. The van der Waals surface area contributed by atoms with E-state index in [-0.39, 0.29) is 5.56 Å². The Kier molecular flexibility index (Phi) is 4.30. The third-order valence-corrected chi connectivity index (χ3v) is 3.55. The molecule has 1 heterocycles. The van der Waals surface area contributed by atoms with E-state index in [1.165, 1.54) is 29.8 Å². The van der Waals surface area contributed by atoms with Gasteiger partial charge in [-0.2, -0.15) is 0 Å². The van der Waals surface area contributed by atoms with Crippen molar-refractivity contribution in [3.63, 3.8) is 0 Å². The summed E-state index contributed by atoms with van der Waals surface area (Å²) in [6.07, 6.45) is 1.30. The lowest BCUT2D eigenvalue weighted by molar-refractivity contribution is 0.0985. The van der Waals surface area contributed by atoms with Gasteiger partial charge in [0.2, 0.25) is 0 Å². The van der Waals surface area contributed by atoms with Crippen LogP contribution in [0.3, 0.4) is 0 Å². The molecule has 0 aliphatic heterocycles. The van der Waals surface area contributed by atoms with Gasteiger partial charge in [0.1, 0.15) is 5.56 Å². The van der Waals surface area contributed by atoms with Gasteiger partial charge in [0.05, 0.1) is 0 Å². The maximum atomic E-state index is 12.7. The maximum absolute atomic E-state index is 12.7. The van der Waals surface area contributed by atoms with Crippen LogP contribution < -0.4 is 16.1 Å². The number of carbonyl (C=O) groups excluding carboxylic acids is 1. The fourth-order valence-electron chi connectivity index (χ4n) is 2.34. The zero-order valence-corrected chi connectivity index (χ0v) is 13.2. The van der Waals surface area contributed by atoms with Gasteiger partial charge in [0.25, 0.3) is 11.5 Å². The van der Waals surface area contributed by atoms with Gasteiger partial charge in [0, 0.05) is 32.5 Å². The number of nitrogens with zero attached hydrogens (tertiary/aromatic N) is 3. The quantitative estimate of drug-likeness (QED) is 0.851. The van der Waals surface area contributed by atoms with Gasteiger partial charge >= 0.3 is 5.69 Å². The van der Waals surface area contributed by atoms with Crippen LogP contribution in [-0.4, -0.2) is 21.6 Å². The predicted octanol–water partition coefficient (Wildman–Crippen LogP) is 1.06. The van der Waals surface area contributed by atoms with Crippen LogP contribution in [0.15, 0.2) is 40.1 Å². The second-order valence-electron chi connectivity index (χ2n) is 5.19. The van der Waals surface area contributed by atoms with E-state index < -0.39 is 17.2 Å². The highest BCUT2D eigenvalue weighted by atomic mass is 16.2. The van der Waals surface area contributed by atoms with Crippen molar-refractivity contribution in [2.45, 2.75) is 13.8 Å². The Morgan fingerprint density at radius 2 is 1.91 bits per heavy atom. The van der Waals surface area contributed by atoms with Gasteiger partial charge in [-0.15, -0.1) is 0 Å². The normalized spacial score (nSPS) is 10.5. The number of rotatable bonds is 3. The van der Waals surface area contributed by atoms with Gasteiger partial charge in [-0.25, -0.2) is 4.79 Å². The minimum absolute atomic E-state index is 0.0204. The predicted molar refractivity (Wildman–Crippen MR) is 85.5 cm³/mol. The summed E-state index contributed by atoms with van der Waals surface area (Å²) in [6.45, 7) is 4.20. The first-order valence-corrected chi connectivity index (χ1v) is 7.02. The van der Waals surface area contributed by atoms with E-state index in [9.17, 15) is 14.4 Å². The van der Waals surface area contributed by atoms with Crippen LogP contribution in [0.5, 0.6) is 0 Å². The summed E-state index contributed by atoms with van der Waals surface area (Å²) in [5, 5.41) is 0. The van der Waals surface area contributed by atoms with Gasteiger partial charge in [-0.1, -0.05) is 12.1 Å². The SMILES string of the molecule is CCN(C(=O)c1cn(C)c(=O)n(C)c1=O)c1cccc(C)c1. The number of aryl methyl sites for hydroxylation is 2. The monoisotopic (exact) mass is 301 g/mol. The third-order valence-electron chi connectivity index (χ3n) is 3.55. The molecule has 0 fully saturated rings. The maximum Gasteiger partial charge on any atom is 0.330 e. The van der Waals surface area contributed by atoms with E-state index in [0.717, 1.165) is 15.8 Å². The first-order valence-electron chi connectivity index (χ1n) is 7.02. The molecule has 2 rings (SSSR count). The number of anilines is 1. The summed E-state index contributed by atoms with van der Waals surface area (Å²) in [6, 6.07) is 7.50. The van der Waals surface area contributed by atoms with Crippen LogP contribution >= 0.6 is 0 Å². The lowest BCUT2D eigenvalue weighted by Gasteiger charge is -2.21. The lowest BCUT2D eigenvalue weighted by Crippen LogP contribution is -2.43. The number of hydrogen-bond donors (Lipinski definition) is 0. The number of benzene rings is 1. The van der Waals surface area contributed by atoms with E-state index >= 15 is 0 Å². The number of hydrogen-bond acceptors (Lipinski definition) is 3. The fourth-order valence-corrected chi connectivity index (χ4v) is 2.34. The van der Waals surface area contributed by atoms with Crippen LogP contribution in [0.25, 0.3) is 0 Å². The lowest BCUT2D eigenvalue weighted by atomic mass is 10.2. The average molecular weight is 301 g/mol. The van der Waals surface area contributed by atoms with Crippen LogP contribution in [0.2, 0.25) is 0 Å². The molecule has 0 saturated heterocycles. The third kappa shape index (κ3) is 2.72. The zero-order chi connectivity index (χ0) is 16.4. The minimum atomic E-state index is -0.584. The molecule has 0 saturated carbocycles. The van der Waals surface area contributed by atoms with Crippen molar-refractivity contribution in [3.8, 4) is 0 Å². The molecule has 6 nitrogen and oxygen atoms in total. The second kappa shape index (κ2) is 6.01. The van der Waals surface area contributed by atoms with Crippen LogP contribution in [0.1, 0.15) is 22.8 Å². The van der Waals surface area contributed by atoms with Crippen LogP contribution in [0, 0.1) is 6.92 Å². The molecule has 0 N–H and O–H groups in total. The van der Waals surface area contributed by atoms with E-state index in [1.807, 2.05) is 38.1 Å². The first-order chi connectivity index (χ1) is 10.4. The van der Waals surface area contributed by atoms with Crippen molar-refractivity contribution in [1.82, 2.24) is 9.13 Å².